The van der Waals surface area contributed by atoms with Crippen LogP contribution < -0.4 is 0 Å². The minimum atomic E-state index is -0.185. The minimum absolute atomic E-state index is 0.0386. The Balaban J connectivity index is 2.85. The minimum Gasteiger partial charge on any atom is -0.293 e. The van der Waals surface area contributed by atoms with Gasteiger partial charge in [-0.05, 0) is 5.56 Å². The van der Waals surface area contributed by atoms with Crippen molar-refractivity contribution >= 4 is 34.0 Å². The van der Waals surface area contributed by atoms with Gasteiger partial charge >= 0.3 is 0 Å². The first-order chi connectivity index (χ1) is 6.24. The highest BCUT2D eigenvalue weighted by Gasteiger charge is 1.99. The summed E-state index contributed by atoms with van der Waals surface area (Å²) in [4.78, 5) is 10.9. The first-order valence-corrected chi connectivity index (χ1v) is 4.66. The Kier molecular flexibility index (Phi) is 4.00. The van der Waals surface area contributed by atoms with Crippen LogP contribution in [-0.2, 0) is 4.79 Å². The van der Waals surface area contributed by atoms with Gasteiger partial charge in [0.15, 0.2) is 5.78 Å². The SMILES string of the molecule is O=C(/C=C(/Cl)c1ccccc1)CCl. The highest BCUT2D eigenvalue weighted by Crippen LogP contribution is 2.17. The van der Waals surface area contributed by atoms with E-state index in [0.29, 0.717) is 5.03 Å². The Morgan fingerprint density at radius 1 is 1.31 bits per heavy atom. The molecular weight excluding hydrogens is 207 g/mol. The number of benzene rings is 1. The summed E-state index contributed by atoms with van der Waals surface area (Å²) in [6.07, 6.45) is 1.34. The summed E-state index contributed by atoms with van der Waals surface area (Å²) >= 11 is 11.2. The van der Waals surface area contributed by atoms with Gasteiger partial charge in [-0.1, -0.05) is 41.9 Å². The van der Waals surface area contributed by atoms with E-state index in [1.807, 2.05) is 30.3 Å². The Morgan fingerprint density at radius 3 is 2.46 bits per heavy atom. The standard InChI is InChI=1S/C10H8Cl2O/c11-7-9(13)6-10(12)8-4-2-1-3-5-8/h1-6H,7H2/b10-6+. The normalized spacial score (nSPS) is 11.4. The summed E-state index contributed by atoms with van der Waals surface area (Å²) < 4.78 is 0. The molecule has 0 saturated heterocycles. The predicted octanol–water partition coefficient (Wildman–Crippen LogP) is 3.07. The molecule has 68 valence electrons. The van der Waals surface area contributed by atoms with Crippen molar-refractivity contribution in [2.45, 2.75) is 0 Å². The van der Waals surface area contributed by atoms with Gasteiger partial charge in [0.25, 0.3) is 0 Å². The van der Waals surface area contributed by atoms with Gasteiger partial charge in [0.2, 0.25) is 0 Å². The smallest absolute Gasteiger partial charge is 0.171 e. The topological polar surface area (TPSA) is 17.1 Å². The number of carbonyl (C=O) groups excluding carboxylic acids is 1. The van der Waals surface area contributed by atoms with Crippen LogP contribution in [0, 0.1) is 0 Å². The molecule has 1 rings (SSSR count). The maximum Gasteiger partial charge on any atom is 0.171 e. The maximum atomic E-state index is 10.9. The fourth-order valence-electron chi connectivity index (χ4n) is 0.861. The number of hydrogen-bond donors (Lipinski definition) is 0. The van der Waals surface area contributed by atoms with Crippen molar-refractivity contribution in [1.82, 2.24) is 0 Å². The molecule has 0 aliphatic carbocycles. The van der Waals surface area contributed by atoms with E-state index in [9.17, 15) is 4.79 Å². The molecule has 1 nitrogen and oxygen atoms in total. The number of hydrogen-bond acceptors (Lipinski definition) is 1. The molecule has 0 bridgehead atoms. The van der Waals surface area contributed by atoms with Crippen molar-refractivity contribution in [3.8, 4) is 0 Å². The second kappa shape index (κ2) is 5.05. The third kappa shape index (κ3) is 3.21. The molecule has 0 N–H and O–H groups in total. The molecular formula is C10H8Cl2O. The molecule has 3 heteroatoms. The van der Waals surface area contributed by atoms with Crippen LogP contribution in [0.25, 0.3) is 5.03 Å². The van der Waals surface area contributed by atoms with Gasteiger partial charge in [0.1, 0.15) is 0 Å². The lowest BCUT2D eigenvalue weighted by Gasteiger charge is -1.96. The monoisotopic (exact) mass is 214 g/mol. The van der Waals surface area contributed by atoms with E-state index in [1.54, 1.807) is 0 Å². The summed E-state index contributed by atoms with van der Waals surface area (Å²) in [6.45, 7) is 0. The number of ketones is 1. The number of allylic oxidation sites excluding steroid dienone is 1. The number of halogens is 2. The van der Waals surface area contributed by atoms with E-state index in [-0.39, 0.29) is 11.7 Å². The van der Waals surface area contributed by atoms with Crippen LogP contribution in [0.2, 0.25) is 0 Å². The molecule has 0 heterocycles. The zero-order valence-corrected chi connectivity index (χ0v) is 8.35. The van der Waals surface area contributed by atoms with Crippen molar-refractivity contribution in [2.24, 2.45) is 0 Å². The van der Waals surface area contributed by atoms with Gasteiger partial charge < -0.3 is 0 Å². The molecule has 0 unspecified atom stereocenters. The Morgan fingerprint density at radius 2 is 1.92 bits per heavy atom. The number of alkyl halides is 1. The summed E-state index contributed by atoms with van der Waals surface area (Å²) in [5.41, 5.74) is 0.822. The molecule has 0 atom stereocenters. The number of carbonyl (C=O) groups is 1. The Hall–Kier alpha value is -0.790. The maximum absolute atomic E-state index is 10.9. The largest absolute Gasteiger partial charge is 0.293 e. The van der Waals surface area contributed by atoms with E-state index in [2.05, 4.69) is 0 Å². The molecule has 1 aromatic carbocycles. The van der Waals surface area contributed by atoms with Crippen LogP contribution in [0.4, 0.5) is 0 Å². The van der Waals surface area contributed by atoms with Crippen LogP contribution in [0.1, 0.15) is 5.56 Å². The van der Waals surface area contributed by atoms with Crippen molar-refractivity contribution in [1.29, 1.82) is 0 Å². The molecule has 0 saturated carbocycles. The lowest BCUT2D eigenvalue weighted by Crippen LogP contribution is -1.93. The van der Waals surface area contributed by atoms with Crippen molar-refractivity contribution < 1.29 is 4.79 Å². The molecule has 0 spiro atoms. The number of rotatable bonds is 3. The van der Waals surface area contributed by atoms with E-state index in [4.69, 9.17) is 23.2 Å². The molecule has 13 heavy (non-hydrogen) atoms. The highest BCUT2D eigenvalue weighted by atomic mass is 35.5. The Labute approximate surface area is 87.0 Å². The van der Waals surface area contributed by atoms with Gasteiger partial charge in [0, 0.05) is 6.08 Å². The van der Waals surface area contributed by atoms with E-state index in [1.165, 1.54) is 6.08 Å². The van der Waals surface area contributed by atoms with Gasteiger partial charge in [-0.3, -0.25) is 4.79 Å². The van der Waals surface area contributed by atoms with Crippen molar-refractivity contribution in [2.75, 3.05) is 5.88 Å². The lowest BCUT2D eigenvalue weighted by molar-refractivity contribution is -0.112. The highest BCUT2D eigenvalue weighted by molar-refractivity contribution is 6.50. The van der Waals surface area contributed by atoms with Crippen LogP contribution in [0.15, 0.2) is 36.4 Å². The van der Waals surface area contributed by atoms with Crippen LogP contribution >= 0.6 is 23.2 Å². The summed E-state index contributed by atoms with van der Waals surface area (Å²) in [5, 5.41) is 0.422. The first kappa shape index (κ1) is 10.3. The van der Waals surface area contributed by atoms with E-state index >= 15 is 0 Å². The lowest BCUT2D eigenvalue weighted by atomic mass is 10.2. The zero-order chi connectivity index (χ0) is 9.68. The average Bonchev–Trinajstić information content (AvgIpc) is 2.19. The first-order valence-electron chi connectivity index (χ1n) is 3.75. The van der Waals surface area contributed by atoms with Gasteiger partial charge in [-0.25, -0.2) is 0 Å². The van der Waals surface area contributed by atoms with Gasteiger partial charge in [0.05, 0.1) is 10.9 Å². The quantitative estimate of drug-likeness (QED) is 0.559. The second-order valence-electron chi connectivity index (χ2n) is 2.46. The molecule has 0 aliphatic heterocycles. The second-order valence-corrected chi connectivity index (χ2v) is 3.13. The third-order valence-corrected chi connectivity index (χ3v) is 2.06. The van der Waals surface area contributed by atoms with Gasteiger partial charge in [-0.2, -0.15) is 0 Å². The van der Waals surface area contributed by atoms with Crippen LogP contribution in [0.5, 0.6) is 0 Å². The third-order valence-electron chi connectivity index (χ3n) is 1.47. The average molecular weight is 215 g/mol. The zero-order valence-electron chi connectivity index (χ0n) is 6.84. The summed E-state index contributed by atoms with van der Waals surface area (Å²) in [6, 6.07) is 9.27. The van der Waals surface area contributed by atoms with E-state index < -0.39 is 0 Å². The molecule has 0 fully saturated rings. The fraction of sp³-hybridized carbons (Fsp3) is 0.100. The van der Waals surface area contributed by atoms with Crippen LogP contribution in [0.3, 0.4) is 0 Å². The van der Waals surface area contributed by atoms with Crippen molar-refractivity contribution in [3.05, 3.63) is 42.0 Å². The molecule has 1 aromatic rings. The summed E-state index contributed by atoms with van der Waals surface area (Å²) in [5.74, 6) is -0.223. The predicted molar refractivity (Wildman–Crippen MR) is 56.0 cm³/mol. The molecule has 0 aromatic heterocycles. The van der Waals surface area contributed by atoms with Crippen LogP contribution in [-0.4, -0.2) is 11.7 Å². The molecule has 0 radical (unpaired) electrons. The van der Waals surface area contributed by atoms with Crippen molar-refractivity contribution in [3.63, 3.8) is 0 Å². The fourth-order valence-corrected chi connectivity index (χ4v) is 1.19. The summed E-state index contributed by atoms with van der Waals surface area (Å²) in [7, 11) is 0. The van der Waals surface area contributed by atoms with E-state index in [0.717, 1.165) is 5.56 Å². The molecule has 0 amide bonds. The van der Waals surface area contributed by atoms with Gasteiger partial charge in [-0.15, -0.1) is 11.6 Å². The molecule has 0 aliphatic rings. The Bertz CT molecular complexity index is 317.